The van der Waals surface area contributed by atoms with Crippen LogP contribution in [0.5, 0.6) is 0 Å². The van der Waals surface area contributed by atoms with Gasteiger partial charge >= 0.3 is 0 Å². The van der Waals surface area contributed by atoms with Crippen LogP contribution >= 0.6 is 0 Å². The number of piperidine rings is 1. The Balaban J connectivity index is 1.89. The quantitative estimate of drug-likeness (QED) is 0.870. The van der Waals surface area contributed by atoms with Gasteiger partial charge in [-0.25, -0.2) is 0 Å². The van der Waals surface area contributed by atoms with E-state index in [-0.39, 0.29) is 11.9 Å². The predicted octanol–water partition coefficient (Wildman–Crippen LogP) is 1.92. The summed E-state index contributed by atoms with van der Waals surface area (Å²) in [6, 6.07) is 10.4. The van der Waals surface area contributed by atoms with Gasteiger partial charge in [0.25, 0.3) is 0 Å². The van der Waals surface area contributed by atoms with Crippen molar-refractivity contribution in [3.8, 4) is 0 Å². The Morgan fingerprint density at radius 2 is 2.14 bits per heavy atom. The fraction of sp³-hybridized carbons (Fsp3) is 0.588. The summed E-state index contributed by atoms with van der Waals surface area (Å²) in [5, 5.41) is 3.08. The van der Waals surface area contributed by atoms with Crippen LogP contribution in [0.25, 0.3) is 0 Å². The van der Waals surface area contributed by atoms with Crippen LogP contribution in [0.2, 0.25) is 0 Å². The van der Waals surface area contributed by atoms with Crippen molar-refractivity contribution in [3.05, 3.63) is 35.9 Å². The average Bonchev–Trinajstić information content (AvgIpc) is 2.48. The maximum Gasteiger partial charge on any atom is 0.234 e. The zero-order valence-corrected chi connectivity index (χ0v) is 13.1. The molecule has 0 aromatic heterocycles. The van der Waals surface area contributed by atoms with Crippen molar-refractivity contribution in [2.75, 3.05) is 19.6 Å². The maximum absolute atomic E-state index is 12.3. The van der Waals surface area contributed by atoms with Crippen molar-refractivity contribution in [2.45, 2.75) is 38.8 Å². The molecule has 4 nitrogen and oxygen atoms in total. The molecule has 4 heteroatoms. The van der Waals surface area contributed by atoms with E-state index in [1.165, 1.54) is 6.42 Å². The molecule has 1 aromatic carbocycles. The summed E-state index contributed by atoms with van der Waals surface area (Å²) in [7, 11) is 0. The lowest BCUT2D eigenvalue weighted by Crippen LogP contribution is -2.52. The average molecular weight is 289 g/mol. The fourth-order valence-electron chi connectivity index (χ4n) is 3.21. The van der Waals surface area contributed by atoms with E-state index < -0.39 is 0 Å². The predicted molar refractivity (Wildman–Crippen MR) is 85.8 cm³/mol. The van der Waals surface area contributed by atoms with Crippen molar-refractivity contribution in [3.63, 3.8) is 0 Å². The highest BCUT2D eigenvalue weighted by Gasteiger charge is 2.28. The lowest BCUT2D eigenvalue weighted by atomic mass is 9.91. The van der Waals surface area contributed by atoms with E-state index in [4.69, 9.17) is 5.73 Å². The molecule has 1 fully saturated rings. The fourth-order valence-corrected chi connectivity index (χ4v) is 3.21. The minimum atomic E-state index is 0.0391. The number of likely N-dealkylation sites (tertiary alicyclic amines) is 1. The van der Waals surface area contributed by atoms with Gasteiger partial charge in [0, 0.05) is 12.6 Å². The van der Waals surface area contributed by atoms with Crippen molar-refractivity contribution < 1.29 is 4.79 Å². The first-order valence-electron chi connectivity index (χ1n) is 7.90. The highest BCUT2D eigenvalue weighted by atomic mass is 16.2. The molecular weight excluding hydrogens is 262 g/mol. The molecule has 1 aromatic rings. The van der Waals surface area contributed by atoms with E-state index in [0.29, 0.717) is 25.0 Å². The van der Waals surface area contributed by atoms with E-state index in [9.17, 15) is 4.79 Å². The Kier molecular flexibility index (Phi) is 5.76. The third-order valence-corrected chi connectivity index (χ3v) is 4.50. The van der Waals surface area contributed by atoms with Gasteiger partial charge < -0.3 is 11.1 Å². The van der Waals surface area contributed by atoms with Crippen LogP contribution in [-0.4, -0.2) is 36.5 Å². The van der Waals surface area contributed by atoms with E-state index in [1.807, 2.05) is 37.3 Å². The van der Waals surface area contributed by atoms with Crippen LogP contribution in [0.15, 0.2) is 30.3 Å². The molecule has 3 atom stereocenters. The lowest BCUT2D eigenvalue weighted by Gasteiger charge is -2.39. The van der Waals surface area contributed by atoms with E-state index >= 15 is 0 Å². The molecule has 0 bridgehead atoms. The molecule has 1 aliphatic heterocycles. The Morgan fingerprint density at radius 1 is 1.43 bits per heavy atom. The first-order valence-corrected chi connectivity index (χ1v) is 7.90. The monoisotopic (exact) mass is 289 g/mol. The van der Waals surface area contributed by atoms with Gasteiger partial charge in [-0.3, -0.25) is 9.69 Å². The third-order valence-electron chi connectivity index (χ3n) is 4.50. The second kappa shape index (κ2) is 7.57. The first-order chi connectivity index (χ1) is 10.1. The van der Waals surface area contributed by atoms with Crippen LogP contribution in [0.4, 0.5) is 0 Å². The summed E-state index contributed by atoms with van der Waals surface area (Å²) in [6.07, 6.45) is 2.36. The van der Waals surface area contributed by atoms with Gasteiger partial charge in [0.15, 0.2) is 0 Å². The minimum Gasteiger partial charge on any atom is -0.348 e. The van der Waals surface area contributed by atoms with E-state index in [0.717, 1.165) is 18.5 Å². The molecule has 116 valence electrons. The smallest absolute Gasteiger partial charge is 0.234 e. The summed E-state index contributed by atoms with van der Waals surface area (Å²) in [6.45, 7) is 6.30. The number of nitrogens with two attached hydrogens (primary N) is 1. The molecule has 1 aliphatic rings. The van der Waals surface area contributed by atoms with E-state index in [2.05, 4.69) is 17.1 Å². The summed E-state index contributed by atoms with van der Waals surface area (Å²) in [5.74, 6) is 0.655. The van der Waals surface area contributed by atoms with E-state index in [1.54, 1.807) is 0 Å². The molecule has 0 radical (unpaired) electrons. The first kappa shape index (κ1) is 16.0. The van der Waals surface area contributed by atoms with Crippen molar-refractivity contribution in [1.29, 1.82) is 0 Å². The Morgan fingerprint density at radius 3 is 2.81 bits per heavy atom. The van der Waals surface area contributed by atoms with Gasteiger partial charge in [0.1, 0.15) is 0 Å². The largest absolute Gasteiger partial charge is 0.348 e. The van der Waals surface area contributed by atoms with Crippen molar-refractivity contribution in [1.82, 2.24) is 10.2 Å². The molecule has 3 N–H and O–H groups in total. The maximum atomic E-state index is 12.3. The third kappa shape index (κ3) is 4.29. The zero-order chi connectivity index (χ0) is 15.2. The molecule has 21 heavy (non-hydrogen) atoms. The molecule has 2 rings (SSSR count). The minimum absolute atomic E-state index is 0.0391. The Hall–Kier alpha value is -1.39. The molecule has 0 spiro atoms. The second-order valence-corrected chi connectivity index (χ2v) is 6.09. The van der Waals surface area contributed by atoms with Gasteiger partial charge in [0.2, 0.25) is 5.91 Å². The molecule has 1 saturated heterocycles. The van der Waals surface area contributed by atoms with Gasteiger partial charge in [-0.1, -0.05) is 37.3 Å². The van der Waals surface area contributed by atoms with Crippen molar-refractivity contribution in [2.24, 2.45) is 11.7 Å². The number of carbonyl (C=O) groups excluding carboxylic acids is 1. The normalized spacial score (nSPS) is 24.5. The van der Waals surface area contributed by atoms with Crippen LogP contribution in [0.3, 0.4) is 0 Å². The number of benzene rings is 1. The number of hydrogen-bond acceptors (Lipinski definition) is 3. The van der Waals surface area contributed by atoms with Gasteiger partial charge in [-0.05, 0) is 37.8 Å². The van der Waals surface area contributed by atoms with Gasteiger partial charge in [-0.2, -0.15) is 0 Å². The van der Waals surface area contributed by atoms with Crippen LogP contribution in [0, 0.1) is 5.92 Å². The molecular formula is C17H27N3O. The summed E-state index contributed by atoms with van der Waals surface area (Å²) in [4.78, 5) is 14.5. The van der Waals surface area contributed by atoms with Crippen molar-refractivity contribution >= 4 is 5.91 Å². The molecule has 3 unspecified atom stereocenters. The number of carbonyl (C=O) groups is 1. The Bertz CT molecular complexity index is 449. The second-order valence-electron chi connectivity index (χ2n) is 6.09. The standard InChI is InChI=1S/C17H27N3O/c1-13-7-6-10-20(16(13)11-18)12-17(21)19-14(2)15-8-4-3-5-9-15/h3-5,8-9,13-14,16H,6-7,10-12,18H2,1-2H3,(H,19,21). The lowest BCUT2D eigenvalue weighted by molar-refractivity contribution is -0.124. The van der Waals surface area contributed by atoms with Crippen LogP contribution in [-0.2, 0) is 4.79 Å². The summed E-state index contributed by atoms with van der Waals surface area (Å²) >= 11 is 0. The molecule has 1 heterocycles. The number of amides is 1. The van der Waals surface area contributed by atoms with Gasteiger partial charge in [-0.15, -0.1) is 0 Å². The highest BCUT2D eigenvalue weighted by Crippen LogP contribution is 2.22. The summed E-state index contributed by atoms with van der Waals surface area (Å²) < 4.78 is 0. The zero-order valence-electron chi connectivity index (χ0n) is 13.1. The number of hydrogen-bond donors (Lipinski definition) is 2. The SMILES string of the molecule is CC(NC(=O)CN1CCCC(C)C1CN)c1ccccc1. The Labute approximate surface area is 127 Å². The highest BCUT2D eigenvalue weighted by molar-refractivity contribution is 5.78. The summed E-state index contributed by atoms with van der Waals surface area (Å²) in [5.41, 5.74) is 7.01. The number of rotatable bonds is 5. The van der Waals surface area contributed by atoms with Crippen LogP contribution in [0.1, 0.15) is 38.3 Å². The number of nitrogens with one attached hydrogen (secondary N) is 1. The molecule has 1 amide bonds. The number of nitrogens with zero attached hydrogens (tertiary/aromatic N) is 1. The van der Waals surface area contributed by atoms with Gasteiger partial charge in [0.05, 0.1) is 12.6 Å². The molecule has 0 aliphatic carbocycles. The topological polar surface area (TPSA) is 58.4 Å². The molecule has 0 saturated carbocycles. The van der Waals surface area contributed by atoms with Crippen LogP contribution < -0.4 is 11.1 Å².